The van der Waals surface area contributed by atoms with Gasteiger partial charge in [0, 0.05) is 38.0 Å². The summed E-state index contributed by atoms with van der Waals surface area (Å²) in [7, 11) is 4.22. The Hall–Kier alpha value is -3.57. The molecule has 4 nitrogen and oxygen atoms in total. The number of ketones is 1. The van der Waals surface area contributed by atoms with Crippen LogP contribution in [0.4, 0.5) is 0 Å². The highest BCUT2D eigenvalue weighted by molar-refractivity contribution is 5.98. The van der Waals surface area contributed by atoms with Crippen LogP contribution in [0.1, 0.15) is 40.0 Å². The lowest BCUT2D eigenvalue weighted by atomic mass is 9.49. The summed E-state index contributed by atoms with van der Waals surface area (Å²) in [6, 6.07) is 40.9. The fourth-order valence-electron chi connectivity index (χ4n) is 7.60. The Morgan fingerprint density at radius 1 is 0.600 bits per heavy atom. The van der Waals surface area contributed by atoms with E-state index < -0.39 is 11.0 Å². The highest BCUT2D eigenvalue weighted by Gasteiger charge is 2.67. The minimum absolute atomic E-state index is 0.108. The number of likely N-dealkylation sites (N-methyl/N-ethyl adjacent to an activating group) is 2. The number of nitrogens with zero attached hydrogens (tertiary/aromatic N) is 2. The van der Waals surface area contributed by atoms with Crippen LogP contribution in [0.3, 0.4) is 0 Å². The molecule has 4 heteroatoms. The lowest BCUT2D eigenvalue weighted by Crippen LogP contribution is -2.73. The van der Waals surface area contributed by atoms with Crippen LogP contribution in [0, 0.1) is 0 Å². The summed E-state index contributed by atoms with van der Waals surface area (Å²) in [4.78, 5) is 19.9. The van der Waals surface area contributed by atoms with Gasteiger partial charge in [0.05, 0.1) is 16.9 Å². The molecule has 2 aliphatic heterocycles. The first-order chi connectivity index (χ1) is 19.4. The number of aliphatic hydroxyl groups is 1. The van der Waals surface area contributed by atoms with Crippen LogP contribution < -0.4 is 0 Å². The maximum absolute atomic E-state index is 15.3. The zero-order valence-electron chi connectivity index (χ0n) is 23.4. The molecule has 0 bridgehead atoms. The van der Waals surface area contributed by atoms with E-state index in [4.69, 9.17) is 0 Å². The van der Waals surface area contributed by atoms with Crippen molar-refractivity contribution in [2.24, 2.45) is 0 Å². The quantitative estimate of drug-likeness (QED) is 0.372. The smallest absolute Gasteiger partial charge is 0.156 e. The van der Waals surface area contributed by atoms with Gasteiger partial charge in [-0.1, -0.05) is 121 Å². The van der Waals surface area contributed by atoms with Gasteiger partial charge in [-0.15, -0.1) is 0 Å². The SMILES string of the molecule is CN1C[C@H](c2ccccc2)C(O)([C@]2(c3ccccc3)CN(C)C[C@@H](c3ccccc3)C2=O)[C@H](c2ccccc2)C1. The normalized spacial score (nSPS) is 29.8. The molecule has 4 aromatic rings. The lowest BCUT2D eigenvalue weighted by Gasteiger charge is -2.61. The van der Waals surface area contributed by atoms with Crippen molar-refractivity contribution in [1.29, 1.82) is 0 Å². The number of likely N-dealkylation sites (tertiary alicyclic amines) is 2. The van der Waals surface area contributed by atoms with E-state index in [-0.39, 0.29) is 23.5 Å². The molecule has 4 aromatic carbocycles. The molecule has 0 radical (unpaired) electrons. The van der Waals surface area contributed by atoms with Crippen molar-refractivity contribution in [2.75, 3.05) is 40.3 Å². The number of benzene rings is 4. The minimum Gasteiger partial charge on any atom is -0.387 e. The van der Waals surface area contributed by atoms with Crippen molar-refractivity contribution in [3.05, 3.63) is 144 Å². The number of Topliss-reactive ketones (excluding diaryl/α,β-unsaturated/α-hetero) is 1. The molecule has 0 saturated carbocycles. The Morgan fingerprint density at radius 2 is 1.02 bits per heavy atom. The van der Waals surface area contributed by atoms with Crippen molar-refractivity contribution < 1.29 is 9.90 Å². The zero-order valence-corrected chi connectivity index (χ0v) is 23.4. The van der Waals surface area contributed by atoms with Crippen LogP contribution in [0.5, 0.6) is 0 Å². The van der Waals surface area contributed by atoms with Crippen molar-refractivity contribution in [3.63, 3.8) is 0 Å². The van der Waals surface area contributed by atoms with Gasteiger partial charge in [0.15, 0.2) is 5.78 Å². The second kappa shape index (κ2) is 10.8. The van der Waals surface area contributed by atoms with E-state index in [1.54, 1.807) is 0 Å². The van der Waals surface area contributed by atoms with Crippen molar-refractivity contribution in [3.8, 4) is 0 Å². The third-order valence-corrected chi connectivity index (χ3v) is 9.35. The summed E-state index contributed by atoms with van der Waals surface area (Å²) in [5.74, 6) is -0.817. The van der Waals surface area contributed by atoms with E-state index in [1.165, 1.54) is 0 Å². The standard InChI is InChI=1S/C36H38N2O2/c1-37-24-32(28-17-9-4-10-18-28)36(40,33(25-37)29-19-11-5-12-20-29)35(30-21-13-6-14-22-30)26-38(2)23-31(34(35)39)27-15-7-3-8-16-27/h3-22,31-33,40H,23-26H2,1-2H3/t31-,32-,33+,35-,36?/m0/s1. The van der Waals surface area contributed by atoms with Gasteiger partial charge in [0.1, 0.15) is 0 Å². The predicted octanol–water partition coefficient (Wildman–Crippen LogP) is 5.47. The first kappa shape index (κ1) is 26.6. The number of carbonyl (C=O) groups excluding carboxylic acids is 1. The van der Waals surface area contributed by atoms with Gasteiger partial charge in [-0.2, -0.15) is 0 Å². The van der Waals surface area contributed by atoms with Gasteiger partial charge in [0.2, 0.25) is 0 Å². The van der Waals surface area contributed by atoms with E-state index in [9.17, 15) is 5.11 Å². The predicted molar refractivity (Wildman–Crippen MR) is 161 cm³/mol. The molecule has 1 unspecified atom stereocenters. The van der Waals surface area contributed by atoms with Crippen LogP contribution in [0.2, 0.25) is 0 Å². The average molecular weight is 531 g/mol. The Bertz CT molecular complexity index is 1380. The molecular weight excluding hydrogens is 492 g/mol. The largest absolute Gasteiger partial charge is 0.387 e. The molecule has 40 heavy (non-hydrogen) atoms. The topological polar surface area (TPSA) is 43.8 Å². The van der Waals surface area contributed by atoms with E-state index in [0.717, 1.165) is 22.3 Å². The third kappa shape index (κ3) is 4.32. The first-order valence-electron chi connectivity index (χ1n) is 14.3. The molecule has 2 aliphatic rings. The number of hydrogen-bond acceptors (Lipinski definition) is 4. The Morgan fingerprint density at radius 3 is 1.50 bits per heavy atom. The second-order valence-electron chi connectivity index (χ2n) is 11.8. The van der Waals surface area contributed by atoms with Crippen LogP contribution in [-0.4, -0.2) is 66.6 Å². The monoisotopic (exact) mass is 530 g/mol. The van der Waals surface area contributed by atoms with Crippen molar-refractivity contribution in [1.82, 2.24) is 9.80 Å². The number of carbonyl (C=O) groups is 1. The summed E-state index contributed by atoms with van der Waals surface area (Å²) in [6.45, 7) is 2.39. The molecule has 0 aromatic heterocycles. The van der Waals surface area contributed by atoms with Crippen molar-refractivity contribution >= 4 is 5.78 Å². The number of rotatable bonds is 5. The maximum Gasteiger partial charge on any atom is 0.156 e. The zero-order chi connectivity index (χ0) is 27.7. The molecule has 2 fully saturated rings. The molecule has 1 N–H and O–H groups in total. The number of hydrogen-bond donors (Lipinski definition) is 1. The van der Waals surface area contributed by atoms with Crippen LogP contribution >= 0.6 is 0 Å². The highest BCUT2D eigenvalue weighted by Crippen LogP contribution is 2.57. The van der Waals surface area contributed by atoms with Crippen molar-refractivity contribution in [2.45, 2.75) is 28.8 Å². The van der Waals surface area contributed by atoms with Gasteiger partial charge >= 0.3 is 0 Å². The highest BCUT2D eigenvalue weighted by atomic mass is 16.3. The first-order valence-corrected chi connectivity index (χ1v) is 14.3. The Labute approximate surface area is 237 Å². The minimum atomic E-state index is -1.40. The summed E-state index contributed by atoms with van der Waals surface area (Å²) < 4.78 is 0. The van der Waals surface area contributed by atoms with Gasteiger partial charge < -0.3 is 14.9 Å². The van der Waals surface area contributed by atoms with Crippen LogP contribution in [0.15, 0.2) is 121 Å². The fraction of sp³-hybridized carbons (Fsp3) is 0.306. The molecule has 0 spiro atoms. The van der Waals surface area contributed by atoms with E-state index >= 15 is 4.79 Å². The molecule has 0 amide bonds. The third-order valence-electron chi connectivity index (χ3n) is 9.35. The van der Waals surface area contributed by atoms with Gasteiger partial charge in [0.25, 0.3) is 0 Å². The van der Waals surface area contributed by atoms with Crippen LogP contribution in [0.25, 0.3) is 0 Å². The molecule has 204 valence electrons. The maximum atomic E-state index is 15.3. The second-order valence-corrected chi connectivity index (χ2v) is 11.8. The lowest BCUT2D eigenvalue weighted by molar-refractivity contribution is -0.161. The molecule has 5 atom stereocenters. The van der Waals surface area contributed by atoms with Gasteiger partial charge in [-0.05, 0) is 36.3 Å². The molecular formula is C36H38N2O2. The van der Waals surface area contributed by atoms with Gasteiger partial charge in [-0.25, -0.2) is 0 Å². The molecule has 6 rings (SSSR count). The molecule has 0 aliphatic carbocycles. The average Bonchev–Trinajstić information content (AvgIpc) is 3.01. The van der Waals surface area contributed by atoms with E-state index in [1.807, 2.05) is 72.8 Å². The molecule has 2 saturated heterocycles. The Balaban J connectivity index is 1.66. The number of piperidine rings is 2. The van der Waals surface area contributed by atoms with E-state index in [2.05, 4.69) is 72.4 Å². The van der Waals surface area contributed by atoms with Crippen LogP contribution in [-0.2, 0) is 10.2 Å². The summed E-state index contributed by atoms with van der Waals surface area (Å²) in [5, 5.41) is 13.8. The summed E-state index contributed by atoms with van der Waals surface area (Å²) in [5.41, 5.74) is 1.45. The Kier molecular flexibility index (Phi) is 7.18. The molecule has 2 heterocycles. The van der Waals surface area contributed by atoms with E-state index in [0.29, 0.717) is 26.2 Å². The van der Waals surface area contributed by atoms with Gasteiger partial charge in [-0.3, -0.25) is 4.79 Å². The summed E-state index contributed by atoms with van der Waals surface area (Å²) in [6.07, 6.45) is 0. The summed E-state index contributed by atoms with van der Waals surface area (Å²) >= 11 is 0. The fourth-order valence-corrected chi connectivity index (χ4v) is 7.60.